The lowest BCUT2D eigenvalue weighted by Crippen LogP contribution is -2.29. The standard InChI is InChI=1S/C14H17FN2S/c1-9-12(14(2,3)8-16)17-13(18-9)10-5-4-6-11(15)7-10/h4-7H,8,16H2,1-3H3. The number of hydrogen-bond acceptors (Lipinski definition) is 3. The summed E-state index contributed by atoms with van der Waals surface area (Å²) in [6.07, 6.45) is 0. The predicted molar refractivity (Wildman–Crippen MR) is 74.3 cm³/mol. The van der Waals surface area contributed by atoms with Crippen LogP contribution in [0.2, 0.25) is 0 Å². The average Bonchev–Trinajstić information content (AvgIpc) is 2.72. The Morgan fingerprint density at radius 1 is 1.39 bits per heavy atom. The SMILES string of the molecule is Cc1sc(-c2cccc(F)c2)nc1C(C)(C)CN. The molecule has 18 heavy (non-hydrogen) atoms. The van der Waals surface area contributed by atoms with Gasteiger partial charge in [0, 0.05) is 22.4 Å². The van der Waals surface area contributed by atoms with Crippen LogP contribution in [0.25, 0.3) is 10.6 Å². The summed E-state index contributed by atoms with van der Waals surface area (Å²) in [6, 6.07) is 6.53. The van der Waals surface area contributed by atoms with Gasteiger partial charge in [-0.15, -0.1) is 11.3 Å². The van der Waals surface area contributed by atoms with Crippen molar-refractivity contribution in [2.45, 2.75) is 26.2 Å². The molecule has 0 bridgehead atoms. The van der Waals surface area contributed by atoms with Crippen LogP contribution >= 0.6 is 11.3 Å². The number of nitrogens with two attached hydrogens (primary N) is 1. The van der Waals surface area contributed by atoms with Gasteiger partial charge >= 0.3 is 0 Å². The zero-order chi connectivity index (χ0) is 13.3. The molecule has 96 valence electrons. The normalized spacial score (nSPS) is 11.8. The number of halogens is 1. The summed E-state index contributed by atoms with van der Waals surface area (Å²) in [4.78, 5) is 5.78. The highest BCUT2D eigenvalue weighted by atomic mass is 32.1. The third-order valence-corrected chi connectivity index (χ3v) is 4.04. The molecule has 0 aliphatic rings. The van der Waals surface area contributed by atoms with Crippen LogP contribution in [0.4, 0.5) is 4.39 Å². The lowest BCUT2D eigenvalue weighted by molar-refractivity contribution is 0.522. The van der Waals surface area contributed by atoms with Crippen LogP contribution in [0.15, 0.2) is 24.3 Å². The molecular formula is C14H17FN2S. The predicted octanol–water partition coefficient (Wildman–Crippen LogP) is 3.49. The van der Waals surface area contributed by atoms with Crippen molar-refractivity contribution < 1.29 is 4.39 Å². The van der Waals surface area contributed by atoms with Gasteiger partial charge in [0.1, 0.15) is 10.8 Å². The zero-order valence-corrected chi connectivity index (χ0v) is 11.6. The minimum absolute atomic E-state index is 0.147. The second-order valence-corrected chi connectivity index (χ2v) is 6.23. The van der Waals surface area contributed by atoms with Gasteiger partial charge in [-0.05, 0) is 19.1 Å². The van der Waals surface area contributed by atoms with Gasteiger partial charge in [-0.25, -0.2) is 9.37 Å². The molecule has 0 spiro atoms. The van der Waals surface area contributed by atoms with Gasteiger partial charge < -0.3 is 5.73 Å². The molecule has 0 fully saturated rings. The fourth-order valence-electron chi connectivity index (χ4n) is 1.87. The third kappa shape index (κ3) is 2.44. The van der Waals surface area contributed by atoms with Gasteiger partial charge in [-0.2, -0.15) is 0 Å². The van der Waals surface area contributed by atoms with E-state index < -0.39 is 0 Å². The molecule has 4 heteroatoms. The van der Waals surface area contributed by atoms with Crippen molar-refractivity contribution in [3.05, 3.63) is 40.7 Å². The van der Waals surface area contributed by atoms with E-state index in [2.05, 4.69) is 18.8 Å². The monoisotopic (exact) mass is 264 g/mol. The fourth-order valence-corrected chi connectivity index (χ4v) is 2.96. The van der Waals surface area contributed by atoms with Gasteiger partial charge in [0.05, 0.1) is 5.69 Å². The maximum absolute atomic E-state index is 13.2. The highest BCUT2D eigenvalue weighted by molar-refractivity contribution is 7.15. The first-order chi connectivity index (χ1) is 8.44. The van der Waals surface area contributed by atoms with Crippen molar-refractivity contribution in [2.24, 2.45) is 5.73 Å². The lowest BCUT2D eigenvalue weighted by Gasteiger charge is -2.20. The molecule has 2 N–H and O–H groups in total. The van der Waals surface area contributed by atoms with Crippen LogP contribution in [0.5, 0.6) is 0 Å². The summed E-state index contributed by atoms with van der Waals surface area (Å²) in [5.41, 5.74) is 7.47. The van der Waals surface area contributed by atoms with Gasteiger partial charge in [-0.3, -0.25) is 0 Å². The minimum Gasteiger partial charge on any atom is -0.330 e. The van der Waals surface area contributed by atoms with E-state index in [-0.39, 0.29) is 11.2 Å². The highest BCUT2D eigenvalue weighted by Gasteiger charge is 2.25. The molecule has 0 aliphatic heterocycles. The van der Waals surface area contributed by atoms with E-state index in [1.165, 1.54) is 12.1 Å². The molecule has 2 nitrogen and oxygen atoms in total. The number of hydrogen-bond donors (Lipinski definition) is 1. The zero-order valence-electron chi connectivity index (χ0n) is 10.8. The molecule has 0 amide bonds. The van der Waals surface area contributed by atoms with E-state index >= 15 is 0 Å². The van der Waals surface area contributed by atoms with Gasteiger partial charge in [-0.1, -0.05) is 26.0 Å². The molecule has 1 aromatic heterocycles. The molecule has 0 radical (unpaired) electrons. The van der Waals surface area contributed by atoms with Crippen LogP contribution in [0.3, 0.4) is 0 Å². The van der Waals surface area contributed by atoms with Gasteiger partial charge in [0.15, 0.2) is 0 Å². The maximum Gasteiger partial charge on any atom is 0.123 e. The van der Waals surface area contributed by atoms with Crippen molar-refractivity contribution in [3.8, 4) is 10.6 Å². The highest BCUT2D eigenvalue weighted by Crippen LogP contribution is 2.33. The van der Waals surface area contributed by atoms with Crippen LogP contribution in [0, 0.1) is 12.7 Å². The van der Waals surface area contributed by atoms with Gasteiger partial charge in [0.25, 0.3) is 0 Å². The topological polar surface area (TPSA) is 38.9 Å². The molecule has 2 aromatic rings. The molecular weight excluding hydrogens is 247 g/mol. The first-order valence-corrected chi connectivity index (χ1v) is 6.69. The van der Waals surface area contributed by atoms with Crippen LogP contribution < -0.4 is 5.73 Å². The Hall–Kier alpha value is -1.26. The van der Waals surface area contributed by atoms with E-state index in [1.54, 1.807) is 17.4 Å². The molecule has 0 atom stereocenters. The largest absolute Gasteiger partial charge is 0.330 e. The van der Waals surface area contributed by atoms with E-state index in [4.69, 9.17) is 5.73 Å². The summed E-state index contributed by atoms with van der Waals surface area (Å²) in [5.74, 6) is -0.236. The fraction of sp³-hybridized carbons (Fsp3) is 0.357. The van der Waals surface area contributed by atoms with Crippen molar-refractivity contribution in [3.63, 3.8) is 0 Å². The van der Waals surface area contributed by atoms with E-state index in [0.717, 1.165) is 21.1 Å². The quantitative estimate of drug-likeness (QED) is 0.921. The van der Waals surface area contributed by atoms with Crippen molar-refractivity contribution in [1.29, 1.82) is 0 Å². The van der Waals surface area contributed by atoms with Crippen LogP contribution in [-0.4, -0.2) is 11.5 Å². The Bertz CT molecular complexity index is 561. The number of aryl methyl sites for hydroxylation is 1. The second kappa shape index (κ2) is 4.78. The Kier molecular flexibility index (Phi) is 3.50. The Morgan fingerprint density at radius 3 is 2.72 bits per heavy atom. The molecule has 0 saturated heterocycles. The number of thiazole rings is 1. The average molecular weight is 264 g/mol. The molecule has 0 unspecified atom stereocenters. The molecule has 1 heterocycles. The molecule has 0 saturated carbocycles. The molecule has 2 rings (SSSR count). The second-order valence-electron chi connectivity index (χ2n) is 5.02. The van der Waals surface area contributed by atoms with E-state index in [0.29, 0.717) is 6.54 Å². The van der Waals surface area contributed by atoms with Gasteiger partial charge in [0.2, 0.25) is 0 Å². The van der Waals surface area contributed by atoms with Crippen molar-refractivity contribution >= 4 is 11.3 Å². The van der Waals surface area contributed by atoms with E-state index in [1.807, 2.05) is 13.0 Å². The maximum atomic E-state index is 13.2. The molecule has 0 aliphatic carbocycles. The van der Waals surface area contributed by atoms with Crippen LogP contribution in [0.1, 0.15) is 24.4 Å². The van der Waals surface area contributed by atoms with E-state index in [9.17, 15) is 4.39 Å². The Morgan fingerprint density at radius 2 is 2.11 bits per heavy atom. The summed E-state index contributed by atoms with van der Waals surface area (Å²) in [5, 5.41) is 0.850. The summed E-state index contributed by atoms with van der Waals surface area (Å²) < 4.78 is 13.2. The Labute approximate surface area is 111 Å². The number of benzene rings is 1. The van der Waals surface area contributed by atoms with Crippen LogP contribution in [-0.2, 0) is 5.41 Å². The Balaban J connectivity index is 2.47. The number of nitrogens with zero attached hydrogens (tertiary/aromatic N) is 1. The third-order valence-electron chi connectivity index (χ3n) is 3.02. The summed E-state index contributed by atoms with van der Waals surface area (Å²) in [7, 11) is 0. The summed E-state index contributed by atoms with van der Waals surface area (Å²) in [6.45, 7) is 6.72. The first-order valence-electron chi connectivity index (χ1n) is 5.88. The number of aromatic nitrogens is 1. The summed E-state index contributed by atoms with van der Waals surface area (Å²) >= 11 is 1.59. The van der Waals surface area contributed by atoms with Crippen molar-refractivity contribution in [2.75, 3.05) is 6.54 Å². The molecule has 1 aromatic carbocycles. The number of rotatable bonds is 3. The first kappa shape index (κ1) is 13.2. The lowest BCUT2D eigenvalue weighted by atomic mass is 9.89. The van der Waals surface area contributed by atoms with Crippen molar-refractivity contribution in [1.82, 2.24) is 4.98 Å². The minimum atomic E-state index is -0.236. The smallest absolute Gasteiger partial charge is 0.123 e.